The maximum absolute atomic E-state index is 13.1. The molecule has 2 aromatic rings. The Kier molecular flexibility index (Phi) is 3.64. The second-order valence-electron chi connectivity index (χ2n) is 7.17. The molecular formula is C18H16Cl2N4O2. The maximum atomic E-state index is 13.1. The minimum atomic E-state index is -0.287. The second kappa shape index (κ2) is 5.81. The number of nitrogens with zero attached hydrogens (tertiary/aromatic N) is 2. The van der Waals surface area contributed by atoms with Gasteiger partial charge in [-0.1, -0.05) is 23.2 Å². The Morgan fingerprint density at radius 2 is 1.88 bits per heavy atom. The van der Waals surface area contributed by atoms with E-state index < -0.39 is 0 Å². The average molecular weight is 391 g/mol. The van der Waals surface area contributed by atoms with Gasteiger partial charge in [0.15, 0.2) is 0 Å². The van der Waals surface area contributed by atoms with Crippen molar-refractivity contribution >= 4 is 40.7 Å². The van der Waals surface area contributed by atoms with Gasteiger partial charge < -0.3 is 15.8 Å². The number of hydrogen-bond donors (Lipinski definition) is 2. The lowest BCUT2D eigenvalue weighted by atomic mass is 9.75. The standard InChI is InChI=1S/C18H16Cl2N4O2/c19-11-2-1-8(3-12(11)20)24-17(25)14-13(7-5-22-18(21)23-6-7)15-9-4-10(9)16(14)26-15/h1-3,5-6,9-10,13-16H,4H2,(H,24,25)(H2,21,22,23)/t9-,10+,13+,14-,15-,16+/m0/s1. The fraction of sp³-hybridized carbons (Fsp3) is 0.389. The van der Waals surface area contributed by atoms with Crippen LogP contribution in [0.5, 0.6) is 0 Å². The van der Waals surface area contributed by atoms with Gasteiger partial charge in [-0.3, -0.25) is 4.79 Å². The van der Waals surface area contributed by atoms with Crippen LogP contribution in [-0.4, -0.2) is 28.1 Å². The van der Waals surface area contributed by atoms with Crippen LogP contribution < -0.4 is 11.1 Å². The summed E-state index contributed by atoms with van der Waals surface area (Å²) < 4.78 is 6.15. The number of benzene rings is 1. The zero-order valence-electron chi connectivity index (χ0n) is 13.6. The van der Waals surface area contributed by atoms with E-state index in [4.69, 9.17) is 33.7 Å². The third-order valence-electron chi connectivity index (χ3n) is 5.71. The number of halogens is 2. The highest BCUT2D eigenvalue weighted by molar-refractivity contribution is 6.42. The summed E-state index contributed by atoms with van der Waals surface area (Å²) in [5.74, 6) is 0.812. The summed E-state index contributed by atoms with van der Waals surface area (Å²) in [6.07, 6.45) is 4.51. The smallest absolute Gasteiger partial charge is 0.230 e. The predicted molar refractivity (Wildman–Crippen MR) is 98.0 cm³/mol. The Hall–Kier alpha value is -1.89. The van der Waals surface area contributed by atoms with Crippen LogP contribution in [0.3, 0.4) is 0 Å². The zero-order valence-corrected chi connectivity index (χ0v) is 15.1. The third-order valence-corrected chi connectivity index (χ3v) is 6.45. The SMILES string of the molecule is Nc1ncc([C@H]2[C@H]3O[C@H]([C@@H]4C[C@@H]43)[C@H]2C(=O)Nc2ccc(Cl)c(Cl)c2)cn1. The third kappa shape index (κ3) is 2.47. The quantitative estimate of drug-likeness (QED) is 0.839. The topological polar surface area (TPSA) is 90.1 Å². The minimum absolute atomic E-state index is 0.0433. The molecule has 8 heteroatoms. The van der Waals surface area contributed by atoms with E-state index >= 15 is 0 Å². The van der Waals surface area contributed by atoms with Crippen molar-refractivity contribution in [2.75, 3.05) is 11.1 Å². The molecule has 134 valence electrons. The fourth-order valence-electron chi connectivity index (χ4n) is 4.51. The Morgan fingerprint density at radius 3 is 2.62 bits per heavy atom. The Bertz CT molecular complexity index is 891. The van der Waals surface area contributed by atoms with Gasteiger partial charge in [0.25, 0.3) is 0 Å². The first-order chi connectivity index (χ1) is 12.5. The summed E-state index contributed by atoms with van der Waals surface area (Å²) in [5.41, 5.74) is 7.12. The van der Waals surface area contributed by atoms with Crippen LogP contribution in [0.25, 0.3) is 0 Å². The van der Waals surface area contributed by atoms with E-state index in [1.165, 1.54) is 0 Å². The molecule has 1 aromatic heterocycles. The van der Waals surface area contributed by atoms with Gasteiger partial charge >= 0.3 is 0 Å². The van der Waals surface area contributed by atoms with E-state index in [1.807, 2.05) is 0 Å². The number of fused-ring (bicyclic) bond motifs is 5. The number of nitrogen functional groups attached to an aromatic ring is 1. The molecule has 1 aliphatic carbocycles. The summed E-state index contributed by atoms with van der Waals surface area (Å²) in [6.45, 7) is 0. The van der Waals surface area contributed by atoms with E-state index in [1.54, 1.807) is 30.6 Å². The summed E-state index contributed by atoms with van der Waals surface area (Å²) in [5, 5.41) is 3.81. The van der Waals surface area contributed by atoms with Crippen molar-refractivity contribution in [3.63, 3.8) is 0 Å². The second-order valence-corrected chi connectivity index (χ2v) is 7.99. The van der Waals surface area contributed by atoms with E-state index in [9.17, 15) is 4.79 Å². The molecule has 0 unspecified atom stereocenters. The summed E-state index contributed by atoms with van der Waals surface area (Å²) in [4.78, 5) is 21.3. The zero-order chi connectivity index (χ0) is 18.0. The molecule has 1 amide bonds. The summed E-state index contributed by atoms with van der Waals surface area (Å²) >= 11 is 12.0. The van der Waals surface area contributed by atoms with Crippen LogP contribution in [0.2, 0.25) is 10.0 Å². The molecule has 6 nitrogen and oxygen atoms in total. The monoisotopic (exact) mass is 390 g/mol. The first kappa shape index (κ1) is 16.3. The van der Waals surface area contributed by atoms with Gasteiger partial charge in [0.05, 0.1) is 28.2 Å². The average Bonchev–Trinajstić information content (AvgIpc) is 3.24. The van der Waals surface area contributed by atoms with Crippen LogP contribution in [0, 0.1) is 17.8 Å². The summed E-state index contributed by atoms with van der Waals surface area (Å²) in [6, 6.07) is 5.05. The molecule has 3 aliphatic rings. The van der Waals surface area contributed by atoms with Gasteiger partial charge in [-0.2, -0.15) is 0 Å². The van der Waals surface area contributed by atoms with E-state index in [-0.39, 0.29) is 35.9 Å². The first-order valence-electron chi connectivity index (χ1n) is 8.52. The molecule has 2 aliphatic heterocycles. The summed E-state index contributed by atoms with van der Waals surface area (Å²) in [7, 11) is 0. The molecule has 6 atom stereocenters. The van der Waals surface area contributed by atoms with Crippen molar-refractivity contribution in [3.8, 4) is 0 Å². The van der Waals surface area contributed by atoms with Crippen LogP contribution in [-0.2, 0) is 9.53 Å². The number of hydrogen-bond acceptors (Lipinski definition) is 5. The molecule has 26 heavy (non-hydrogen) atoms. The molecule has 0 radical (unpaired) electrons. The number of ether oxygens (including phenoxy) is 1. The van der Waals surface area contributed by atoms with E-state index in [0.717, 1.165) is 12.0 Å². The van der Waals surface area contributed by atoms with Crippen LogP contribution in [0.15, 0.2) is 30.6 Å². The fourth-order valence-corrected chi connectivity index (χ4v) is 4.81. The lowest BCUT2D eigenvalue weighted by Crippen LogP contribution is -2.37. The van der Waals surface area contributed by atoms with Crippen LogP contribution in [0.1, 0.15) is 17.9 Å². The number of carbonyl (C=O) groups is 1. The number of aromatic nitrogens is 2. The first-order valence-corrected chi connectivity index (χ1v) is 9.27. The molecule has 2 bridgehead atoms. The number of anilines is 2. The lowest BCUT2D eigenvalue weighted by molar-refractivity contribution is -0.122. The lowest BCUT2D eigenvalue weighted by Gasteiger charge is -2.26. The van der Waals surface area contributed by atoms with Gasteiger partial charge in [0.1, 0.15) is 0 Å². The maximum Gasteiger partial charge on any atom is 0.230 e. The van der Waals surface area contributed by atoms with Gasteiger partial charge in [0, 0.05) is 24.0 Å². The van der Waals surface area contributed by atoms with Crippen molar-refractivity contribution < 1.29 is 9.53 Å². The van der Waals surface area contributed by atoms with Crippen molar-refractivity contribution in [1.82, 2.24) is 9.97 Å². The van der Waals surface area contributed by atoms with Crippen molar-refractivity contribution in [2.45, 2.75) is 24.5 Å². The van der Waals surface area contributed by atoms with E-state index in [2.05, 4.69) is 15.3 Å². The molecular weight excluding hydrogens is 375 g/mol. The largest absolute Gasteiger partial charge is 0.373 e. The molecule has 3 N–H and O–H groups in total. The number of nitrogens with two attached hydrogens (primary N) is 1. The number of carbonyl (C=O) groups excluding carboxylic acids is 1. The van der Waals surface area contributed by atoms with Crippen molar-refractivity contribution in [2.24, 2.45) is 17.8 Å². The number of rotatable bonds is 3. The van der Waals surface area contributed by atoms with Gasteiger partial charge in [0.2, 0.25) is 11.9 Å². The minimum Gasteiger partial charge on any atom is -0.373 e. The molecule has 3 fully saturated rings. The van der Waals surface area contributed by atoms with Crippen LogP contribution >= 0.6 is 23.2 Å². The highest BCUT2D eigenvalue weighted by atomic mass is 35.5. The highest BCUT2D eigenvalue weighted by Gasteiger charge is 2.68. The Morgan fingerprint density at radius 1 is 1.15 bits per heavy atom. The number of amides is 1. The van der Waals surface area contributed by atoms with Crippen molar-refractivity contribution in [1.29, 1.82) is 0 Å². The Balaban J connectivity index is 1.44. The predicted octanol–water partition coefficient (Wildman–Crippen LogP) is 3.12. The van der Waals surface area contributed by atoms with Crippen LogP contribution in [0.4, 0.5) is 11.6 Å². The molecule has 1 aromatic carbocycles. The molecule has 3 heterocycles. The van der Waals surface area contributed by atoms with E-state index in [0.29, 0.717) is 27.6 Å². The van der Waals surface area contributed by atoms with Crippen molar-refractivity contribution in [3.05, 3.63) is 46.2 Å². The Labute approximate surface area is 160 Å². The molecule has 0 spiro atoms. The molecule has 1 saturated carbocycles. The molecule has 5 rings (SSSR count). The van der Waals surface area contributed by atoms with Gasteiger partial charge in [-0.05, 0) is 42.0 Å². The van der Waals surface area contributed by atoms with Gasteiger partial charge in [-0.25, -0.2) is 9.97 Å². The number of nitrogens with one attached hydrogen (secondary N) is 1. The van der Waals surface area contributed by atoms with Gasteiger partial charge in [-0.15, -0.1) is 0 Å². The normalized spacial score (nSPS) is 33.8. The highest BCUT2D eigenvalue weighted by Crippen LogP contribution is 2.65. The molecule has 2 saturated heterocycles.